The topological polar surface area (TPSA) is 57.9 Å². The molecule has 4 nitrogen and oxygen atoms in total. The van der Waals surface area contributed by atoms with Gasteiger partial charge in [-0.15, -0.1) is 0 Å². The number of anilines is 1. The molecule has 2 aromatic rings. The van der Waals surface area contributed by atoms with Gasteiger partial charge in [-0.2, -0.15) is 5.26 Å². The lowest BCUT2D eigenvalue weighted by molar-refractivity contribution is 0.148. The summed E-state index contributed by atoms with van der Waals surface area (Å²) in [6, 6.07) is 11.3. The molecular weight excluding hydrogens is 276 g/mol. The first kappa shape index (κ1) is 14.7. The number of nitriles is 1. The molecule has 0 aliphatic carbocycles. The van der Waals surface area contributed by atoms with Crippen LogP contribution in [0.1, 0.15) is 23.2 Å². The number of pyridine rings is 1. The third-order valence-corrected chi connectivity index (χ3v) is 2.92. The molecule has 0 aliphatic rings. The molecule has 0 saturated carbocycles. The second-order valence-corrected chi connectivity index (χ2v) is 4.19. The summed E-state index contributed by atoms with van der Waals surface area (Å²) in [6.07, 6.45) is -2.59. The van der Waals surface area contributed by atoms with Gasteiger partial charge in [-0.05, 0) is 12.1 Å². The average molecular weight is 289 g/mol. The van der Waals surface area contributed by atoms with E-state index in [1.165, 1.54) is 6.07 Å². The standard InChI is InChI=1S/C15H13F2N3O/c1-19-13-6-3-5-11(15(16)17)12(13)9-21-14-7-2-4-10(8-18)20-14/h2-7,15,19H,9H2,1H3. The van der Waals surface area contributed by atoms with Gasteiger partial charge in [0.2, 0.25) is 5.88 Å². The summed E-state index contributed by atoms with van der Waals surface area (Å²) in [4.78, 5) is 3.95. The Kier molecular flexibility index (Phi) is 4.67. The van der Waals surface area contributed by atoms with E-state index in [1.54, 1.807) is 37.4 Å². The second kappa shape index (κ2) is 6.66. The van der Waals surface area contributed by atoms with Crippen LogP contribution in [0.4, 0.5) is 14.5 Å². The number of rotatable bonds is 5. The van der Waals surface area contributed by atoms with Crippen LogP contribution in [0, 0.1) is 11.3 Å². The molecule has 21 heavy (non-hydrogen) atoms. The van der Waals surface area contributed by atoms with Crippen molar-refractivity contribution < 1.29 is 13.5 Å². The van der Waals surface area contributed by atoms with Gasteiger partial charge in [0, 0.05) is 29.9 Å². The fraction of sp³-hybridized carbons (Fsp3) is 0.200. The summed E-state index contributed by atoms with van der Waals surface area (Å²) in [7, 11) is 1.66. The van der Waals surface area contributed by atoms with Crippen molar-refractivity contribution in [2.75, 3.05) is 12.4 Å². The normalized spacial score (nSPS) is 10.2. The molecule has 0 amide bonds. The lowest BCUT2D eigenvalue weighted by Gasteiger charge is -2.14. The van der Waals surface area contributed by atoms with Crippen LogP contribution in [-0.4, -0.2) is 12.0 Å². The van der Waals surface area contributed by atoms with Crippen molar-refractivity contribution in [2.24, 2.45) is 0 Å². The molecule has 0 atom stereocenters. The van der Waals surface area contributed by atoms with Crippen molar-refractivity contribution in [3.8, 4) is 11.9 Å². The minimum Gasteiger partial charge on any atom is -0.473 e. The fourth-order valence-electron chi connectivity index (χ4n) is 1.91. The SMILES string of the molecule is CNc1cccc(C(F)F)c1COc1cccc(C#N)n1. The zero-order valence-electron chi connectivity index (χ0n) is 11.3. The van der Waals surface area contributed by atoms with Crippen LogP contribution in [0.15, 0.2) is 36.4 Å². The smallest absolute Gasteiger partial charge is 0.264 e. The number of alkyl halides is 2. The van der Waals surface area contributed by atoms with Crippen LogP contribution in [0.5, 0.6) is 5.88 Å². The van der Waals surface area contributed by atoms with E-state index in [4.69, 9.17) is 10.00 Å². The Morgan fingerprint density at radius 3 is 2.71 bits per heavy atom. The van der Waals surface area contributed by atoms with Gasteiger partial charge in [0.15, 0.2) is 0 Å². The molecule has 1 aromatic carbocycles. The van der Waals surface area contributed by atoms with E-state index in [0.29, 0.717) is 11.3 Å². The molecule has 0 saturated heterocycles. The molecule has 0 radical (unpaired) electrons. The number of hydrogen-bond donors (Lipinski definition) is 1. The number of nitrogens with one attached hydrogen (secondary N) is 1. The van der Waals surface area contributed by atoms with Crippen molar-refractivity contribution in [3.05, 3.63) is 53.2 Å². The third-order valence-electron chi connectivity index (χ3n) is 2.92. The second-order valence-electron chi connectivity index (χ2n) is 4.19. The molecule has 6 heteroatoms. The largest absolute Gasteiger partial charge is 0.473 e. The molecule has 0 aliphatic heterocycles. The lowest BCUT2D eigenvalue weighted by atomic mass is 10.1. The average Bonchev–Trinajstić information content (AvgIpc) is 2.52. The van der Waals surface area contributed by atoms with Crippen LogP contribution in [0.25, 0.3) is 0 Å². The number of hydrogen-bond acceptors (Lipinski definition) is 4. The van der Waals surface area contributed by atoms with Crippen LogP contribution >= 0.6 is 0 Å². The minimum absolute atomic E-state index is 0.0570. The quantitative estimate of drug-likeness (QED) is 0.915. The summed E-state index contributed by atoms with van der Waals surface area (Å²) in [5.74, 6) is 0.222. The van der Waals surface area contributed by atoms with Gasteiger partial charge in [0.25, 0.3) is 6.43 Å². The zero-order valence-corrected chi connectivity index (χ0v) is 11.3. The van der Waals surface area contributed by atoms with E-state index in [-0.39, 0.29) is 23.7 Å². The van der Waals surface area contributed by atoms with Gasteiger partial charge in [-0.1, -0.05) is 18.2 Å². The molecule has 1 heterocycles. The predicted octanol–water partition coefficient (Wildman–Crippen LogP) is 3.51. The Labute approximate surface area is 121 Å². The first-order valence-corrected chi connectivity index (χ1v) is 6.23. The van der Waals surface area contributed by atoms with E-state index in [9.17, 15) is 8.78 Å². The molecule has 0 spiro atoms. The summed E-state index contributed by atoms with van der Waals surface area (Å²) in [6.45, 7) is -0.0570. The first-order valence-electron chi connectivity index (χ1n) is 6.23. The van der Waals surface area contributed by atoms with Crippen molar-refractivity contribution in [3.63, 3.8) is 0 Å². The maximum Gasteiger partial charge on any atom is 0.264 e. The maximum atomic E-state index is 13.0. The molecule has 0 unspecified atom stereocenters. The van der Waals surface area contributed by atoms with Crippen molar-refractivity contribution >= 4 is 5.69 Å². The Balaban J connectivity index is 2.24. The minimum atomic E-state index is -2.59. The van der Waals surface area contributed by atoms with Crippen LogP contribution in [-0.2, 0) is 6.61 Å². The molecule has 0 bridgehead atoms. The Bertz CT molecular complexity index is 668. The van der Waals surface area contributed by atoms with Gasteiger partial charge in [-0.3, -0.25) is 0 Å². The number of ether oxygens (including phenoxy) is 1. The highest BCUT2D eigenvalue weighted by Gasteiger charge is 2.16. The third kappa shape index (κ3) is 3.45. The fourth-order valence-corrected chi connectivity index (χ4v) is 1.91. The van der Waals surface area contributed by atoms with Crippen LogP contribution in [0.2, 0.25) is 0 Å². The van der Waals surface area contributed by atoms with Gasteiger partial charge in [0.05, 0.1) is 0 Å². The number of benzene rings is 1. The van der Waals surface area contributed by atoms with Gasteiger partial charge in [0.1, 0.15) is 18.4 Å². The van der Waals surface area contributed by atoms with E-state index < -0.39 is 6.43 Å². The van der Waals surface area contributed by atoms with Gasteiger partial charge < -0.3 is 10.1 Å². The highest BCUT2D eigenvalue weighted by Crippen LogP contribution is 2.29. The monoisotopic (exact) mass is 289 g/mol. The van der Waals surface area contributed by atoms with E-state index in [1.807, 2.05) is 6.07 Å². The zero-order chi connectivity index (χ0) is 15.2. The Morgan fingerprint density at radius 2 is 2.05 bits per heavy atom. The van der Waals surface area contributed by atoms with Crippen LogP contribution in [0.3, 0.4) is 0 Å². The summed E-state index contributed by atoms with van der Waals surface area (Å²) in [5.41, 5.74) is 1.07. The highest BCUT2D eigenvalue weighted by molar-refractivity contribution is 5.54. The maximum absolute atomic E-state index is 13.0. The molecular formula is C15H13F2N3O. The summed E-state index contributed by atoms with van der Waals surface area (Å²) >= 11 is 0. The number of aromatic nitrogens is 1. The Morgan fingerprint density at radius 1 is 1.29 bits per heavy atom. The predicted molar refractivity (Wildman–Crippen MR) is 74.2 cm³/mol. The Hall–Kier alpha value is -2.68. The molecule has 0 fully saturated rings. The number of nitrogens with zero attached hydrogens (tertiary/aromatic N) is 2. The van der Waals surface area contributed by atoms with E-state index in [2.05, 4.69) is 10.3 Å². The number of halogens is 2. The highest BCUT2D eigenvalue weighted by atomic mass is 19.3. The van der Waals surface area contributed by atoms with Crippen molar-refractivity contribution in [1.82, 2.24) is 4.98 Å². The van der Waals surface area contributed by atoms with Crippen LogP contribution < -0.4 is 10.1 Å². The first-order chi connectivity index (χ1) is 10.2. The summed E-state index contributed by atoms with van der Waals surface area (Å²) in [5, 5.41) is 11.6. The van der Waals surface area contributed by atoms with Crippen molar-refractivity contribution in [1.29, 1.82) is 5.26 Å². The molecule has 2 rings (SSSR count). The van der Waals surface area contributed by atoms with Crippen molar-refractivity contribution in [2.45, 2.75) is 13.0 Å². The van der Waals surface area contributed by atoms with E-state index >= 15 is 0 Å². The van der Waals surface area contributed by atoms with Gasteiger partial charge >= 0.3 is 0 Å². The molecule has 1 aromatic heterocycles. The van der Waals surface area contributed by atoms with E-state index in [0.717, 1.165) is 0 Å². The summed E-state index contributed by atoms with van der Waals surface area (Å²) < 4.78 is 31.5. The lowest BCUT2D eigenvalue weighted by Crippen LogP contribution is -2.06. The molecule has 1 N–H and O–H groups in total. The molecule has 108 valence electrons. The van der Waals surface area contributed by atoms with Gasteiger partial charge in [-0.25, -0.2) is 13.8 Å².